The molecule has 0 radical (unpaired) electrons. The van der Waals surface area contributed by atoms with Crippen LogP contribution >= 0.6 is 0 Å². The number of methoxy groups -OCH3 is 2. The zero-order valence-corrected chi connectivity index (χ0v) is 22.5. The molecule has 36 heavy (non-hydrogen) atoms. The van der Waals surface area contributed by atoms with Crippen molar-refractivity contribution in [3.8, 4) is 11.5 Å². The van der Waals surface area contributed by atoms with Crippen LogP contribution in [-0.2, 0) is 26.2 Å². The van der Waals surface area contributed by atoms with Crippen molar-refractivity contribution in [2.24, 2.45) is 0 Å². The lowest BCUT2D eigenvalue weighted by Crippen LogP contribution is -2.54. The third-order valence-corrected chi connectivity index (χ3v) is 6.39. The van der Waals surface area contributed by atoms with Crippen LogP contribution in [0.5, 0.6) is 11.5 Å². The Morgan fingerprint density at radius 1 is 1.06 bits per heavy atom. The summed E-state index contributed by atoms with van der Waals surface area (Å²) in [6, 6.07) is 9.15. The zero-order chi connectivity index (χ0) is 27.3. The number of hydrogen-bond donors (Lipinski definition) is 1. The zero-order valence-electron chi connectivity index (χ0n) is 21.7. The first-order valence-corrected chi connectivity index (χ1v) is 13.1. The SMILES string of the molecule is COc1ccc(OC)c(N(CC(=O)N(Cc2ccc(F)cc2)[C@@H](C)C(=O)NC(C)(C)C)S(C)(=O)=O)c1. The minimum absolute atomic E-state index is 0.0370. The highest BCUT2D eigenvalue weighted by atomic mass is 32.2. The van der Waals surface area contributed by atoms with Crippen LogP contribution in [0.2, 0.25) is 0 Å². The lowest BCUT2D eigenvalue weighted by atomic mass is 10.1. The molecule has 0 saturated carbocycles. The third-order valence-electron chi connectivity index (χ3n) is 5.27. The van der Waals surface area contributed by atoms with E-state index in [1.165, 1.54) is 55.5 Å². The van der Waals surface area contributed by atoms with E-state index in [1.54, 1.807) is 13.0 Å². The van der Waals surface area contributed by atoms with Gasteiger partial charge in [0, 0.05) is 18.2 Å². The second-order valence-electron chi connectivity index (χ2n) is 9.37. The molecule has 0 aliphatic carbocycles. The van der Waals surface area contributed by atoms with Crippen LogP contribution in [0.1, 0.15) is 33.3 Å². The molecule has 2 aromatic rings. The number of sulfonamides is 1. The van der Waals surface area contributed by atoms with Crippen LogP contribution in [0.15, 0.2) is 42.5 Å². The number of anilines is 1. The van der Waals surface area contributed by atoms with Crippen molar-refractivity contribution in [1.82, 2.24) is 10.2 Å². The first kappa shape index (κ1) is 28.9. The molecule has 0 heterocycles. The van der Waals surface area contributed by atoms with Crippen LogP contribution in [0, 0.1) is 5.82 Å². The minimum Gasteiger partial charge on any atom is -0.497 e. The second-order valence-corrected chi connectivity index (χ2v) is 11.3. The molecular formula is C25H34FN3O6S. The number of benzene rings is 2. The minimum atomic E-state index is -3.96. The van der Waals surface area contributed by atoms with E-state index in [0.29, 0.717) is 11.3 Å². The Bertz CT molecular complexity index is 1180. The molecule has 0 aliphatic rings. The van der Waals surface area contributed by atoms with Crippen LogP contribution in [-0.4, -0.2) is 63.7 Å². The van der Waals surface area contributed by atoms with E-state index in [-0.39, 0.29) is 18.0 Å². The van der Waals surface area contributed by atoms with E-state index >= 15 is 0 Å². The van der Waals surface area contributed by atoms with Gasteiger partial charge in [0.25, 0.3) is 0 Å². The summed E-state index contributed by atoms with van der Waals surface area (Å²) in [5, 5.41) is 2.84. The van der Waals surface area contributed by atoms with E-state index < -0.39 is 45.8 Å². The molecule has 0 aromatic heterocycles. The van der Waals surface area contributed by atoms with Gasteiger partial charge in [0.15, 0.2) is 0 Å². The molecule has 2 amide bonds. The number of nitrogens with one attached hydrogen (secondary N) is 1. The largest absolute Gasteiger partial charge is 0.497 e. The molecule has 9 nitrogen and oxygen atoms in total. The molecule has 1 N–H and O–H groups in total. The maximum atomic E-state index is 13.6. The fourth-order valence-corrected chi connectivity index (χ4v) is 4.27. The summed E-state index contributed by atoms with van der Waals surface area (Å²) in [7, 11) is -1.14. The summed E-state index contributed by atoms with van der Waals surface area (Å²) in [5.41, 5.74) is 0.133. The summed E-state index contributed by atoms with van der Waals surface area (Å²) in [6.45, 7) is 6.35. The van der Waals surface area contributed by atoms with E-state index in [2.05, 4.69) is 5.32 Å². The van der Waals surface area contributed by atoms with Crippen molar-refractivity contribution in [2.75, 3.05) is 31.3 Å². The second kappa shape index (κ2) is 11.6. The van der Waals surface area contributed by atoms with Gasteiger partial charge in [-0.05, 0) is 57.5 Å². The fourth-order valence-electron chi connectivity index (χ4n) is 3.43. The lowest BCUT2D eigenvalue weighted by molar-refractivity contribution is -0.140. The van der Waals surface area contributed by atoms with Crippen molar-refractivity contribution in [1.29, 1.82) is 0 Å². The predicted molar refractivity (Wildman–Crippen MR) is 136 cm³/mol. The number of amides is 2. The van der Waals surface area contributed by atoms with Gasteiger partial charge >= 0.3 is 0 Å². The van der Waals surface area contributed by atoms with E-state index in [9.17, 15) is 22.4 Å². The van der Waals surface area contributed by atoms with Gasteiger partial charge in [0.05, 0.1) is 26.2 Å². The van der Waals surface area contributed by atoms with Gasteiger partial charge in [0.2, 0.25) is 21.8 Å². The van der Waals surface area contributed by atoms with Crippen molar-refractivity contribution in [3.63, 3.8) is 0 Å². The first-order chi connectivity index (χ1) is 16.7. The Labute approximate surface area is 212 Å². The average Bonchev–Trinajstić information content (AvgIpc) is 2.79. The third kappa shape index (κ3) is 7.84. The Hall–Kier alpha value is -3.34. The van der Waals surface area contributed by atoms with Crippen molar-refractivity contribution in [3.05, 3.63) is 53.8 Å². The highest BCUT2D eigenvalue weighted by Crippen LogP contribution is 2.34. The van der Waals surface area contributed by atoms with Crippen molar-refractivity contribution in [2.45, 2.75) is 45.8 Å². The quantitative estimate of drug-likeness (QED) is 0.514. The van der Waals surface area contributed by atoms with Gasteiger partial charge in [-0.15, -0.1) is 0 Å². The Morgan fingerprint density at radius 3 is 2.17 bits per heavy atom. The van der Waals surface area contributed by atoms with Crippen LogP contribution in [0.4, 0.5) is 10.1 Å². The van der Waals surface area contributed by atoms with E-state index in [1.807, 2.05) is 20.8 Å². The molecule has 0 aliphatic heterocycles. The predicted octanol–water partition coefficient (Wildman–Crippen LogP) is 2.94. The number of ether oxygens (including phenoxy) is 2. The molecule has 0 fully saturated rings. The summed E-state index contributed by atoms with van der Waals surface area (Å²) in [4.78, 5) is 27.8. The number of carbonyl (C=O) groups excluding carboxylic acids is 2. The Morgan fingerprint density at radius 2 is 1.67 bits per heavy atom. The lowest BCUT2D eigenvalue weighted by Gasteiger charge is -2.33. The van der Waals surface area contributed by atoms with Crippen LogP contribution < -0.4 is 19.1 Å². The average molecular weight is 524 g/mol. The van der Waals surface area contributed by atoms with Gasteiger partial charge in [-0.2, -0.15) is 0 Å². The maximum Gasteiger partial charge on any atom is 0.244 e. The normalized spacial score (nSPS) is 12.4. The van der Waals surface area contributed by atoms with Gasteiger partial charge in [0.1, 0.15) is 29.9 Å². The molecule has 2 rings (SSSR count). The van der Waals surface area contributed by atoms with Crippen LogP contribution in [0.3, 0.4) is 0 Å². The Kier molecular flexibility index (Phi) is 9.31. The van der Waals surface area contributed by atoms with E-state index in [4.69, 9.17) is 9.47 Å². The molecule has 0 saturated heterocycles. The standard InChI is InChI=1S/C25H34FN3O6S/c1-17(24(31)27-25(2,3)4)28(15-18-8-10-19(26)11-9-18)23(30)16-29(36(7,32)33)21-14-20(34-5)12-13-22(21)35-6/h8-14,17H,15-16H2,1-7H3,(H,27,31)/t17-/m0/s1. The number of hydrogen-bond acceptors (Lipinski definition) is 6. The van der Waals surface area contributed by atoms with Crippen LogP contribution in [0.25, 0.3) is 0 Å². The maximum absolute atomic E-state index is 13.6. The van der Waals surface area contributed by atoms with E-state index in [0.717, 1.165) is 10.6 Å². The van der Waals surface area contributed by atoms with Crippen molar-refractivity contribution < 1.29 is 31.9 Å². The molecule has 11 heteroatoms. The molecule has 198 valence electrons. The summed E-state index contributed by atoms with van der Waals surface area (Å²) >= 11 is 0. The van der Waals surface area contributed by atoms with Gasteiger partial charge in [-0.25, -0.2) is 12.8 Å². The highest BCUT2D eigenvalue weighted by Gasteiger charge is 2.32. The van der Waals surface area contributed by atoms with Gasteiger partial charge in [-0.1, -0.05) is 12.1 Å². The van der Waals surface area contributed by atoms with Gasteiger partial charge < -0.3 is 19.7 Å². The molecule has 1 atom stereocenters. The summed E-state index contributed by atoms with van der Waals surface area (Å²) in [6.07, 6.45) is 0.971. The monoisotopic (exact) mass is 523 g/mol. The molecule has 2 aromatic carbocycles. The van der Waals surface area contributed by atoms with Crippen molar-refractivity contribution >= 4 is 27.5 Å². The Balaban J connectivity index is 2.49. The molecule has 0 spiro atoms. The topological polar surface area (TPSA) is 105 Å². The molecule has 0 bridgehead atoms. The summed E-state index contributed by atoms with van der Waals surface area (Å²) in [5.74, 6) is -0.900. The van der Waals surface area contributed by atoms with Gasteiger partial charge in [-0.3, -0.25) is 13.9 Å². The number of carbonyl (C=O) groups is 2. The highest BCUT2D eigenvalue weighted by molar-refractivity contribution is 7.92. The molecular weight excluding hydrogens is 489 g/mol. The number of halogens is 1. The summed E-state index contributed by atoms with van der Waals surface area (Å²) < 4.78 is 50.5. The number of rotatable bonds is 10. The first-order valence-electron chi connectivity index (χ1n) is 11.2. The fraction of sp³-hybridized carbons (Fsp3) is 0.440. The number of nitrogens with zero attached hydrogens (tertiary/aromatic N) is 2. The smallest absolute Gasteiger partial charge is 0.244 e. The molecule has 0 unspecified atom stereocenters.